The number of hydrogen-bond acceptors (Lipinski definition) is 12. The monoisotopic (exact) mass is 731 g/mol. The van der Waals surface area contributed by atoms with Crippen molar-refractivity contribution in [3.05, 3.63) is 94.4 Å². The predicted molar refractivity (Wildman–Crippen MR) is 188 cm³/mol. The van der Waals surface area contributed by atoms with E-state index < -0.39 is 46.5 Å². The summed E-state index contributed by atoms with van der Waals surface area (Å²) in [4.78, 5) is 60.8. The van der Waals surface area contributed by atoms with Gasteiger partial charge in [-0.3, -0.25) is 14.5 Å². The van der Waals surface area contributed by atoms with Crippen LogP contribution < -0.4 is 15.6 Å². The number of benzene rings is 2. The Morgan fingerprint density at radius 2 is 1.82 bits per heavy atom. The number of nitrogen functional groups attached to an aromatic ring is 1. The average molecular weight is 732 g/mol. The molecule has 1 saturated heterocycles. The van der Waals surface area contributed by atoms with Crippen LogP contribution in [0.1, 0.15) is 30.7 Å². The number of aromatic hydroxyl groups is 2. The lowest BCUT2D eigenvalue weighted by Crippen LogP contribution is -2.71. The Morgan fingerprint density at radius 3 is 2.47 bits per heavy atom. The third kappa shape index (κ3) is 7.20. The number of β-lactam (4-membered cyclic amide) rings is 1. The second kappa shape index (κ2) is 13.8. The van der Waals surface area contributed by atoms with Crippen molar-refractivity contribution in [1.82, 2.24) is 15.2 Å². The quantitative estimate of drug-likeness (QED) is 0.0430. The number of phenolic OH excluding ortho intramolecular Hbond substituents is 2. The smallest absolute Gasteiger partial charge is 0.352 e. The minimum absolute atomic E-state index is 0.0122. The number of aliphatic carboxylic acids is 2. The zero-order chi connectivity index (χ0) is 36.6. The predicted octanol–water partition coefficient (Wildman–Crippen LogP) is 2.66. The molecular weight excluding hydrogens is 701 g/mol. The molecule has 4 aromatic rings. The van der Waals surface area contributed by atoms with Crippen molar-refractivity contribution in [1.29, 1.82) is 0 Å². The molecule has 6 rings (SSSR count). The van der Waals surface area contributed by atoms with Crippen LogP contribution in [0.4, 0.5) is 5.13 Å². The molecule has 2 aliphatic rings. The molecule has 0 aliphatic carbocycles. The van der Waals surface area contributed by atoms with E-state index in [4.69, 9.17) is 10.6 Å². The van der Waals surface area contributed by atoms with Gasteiger partial charge in [0.2, 0.25) is 5.60 Å². The number of pyridine rings is 1. The molecule has 2 aromatic heterocycles. The largest absolute Gasteiger partial charge is 0.504 e. The van der Waals surface area contributed by atoms with Gasteiger partial charge in [0.25, 0.3) is 11.8 Å². The fourth-order valence-electron chi connectivity index (χ4n) is 5.28. The number of phenols is 2. The maximum absolute atomic E-state index is 13.3. The second-order valence-electron chi connectivity index (χ2n) is 12.1. The third-order valence-corrected chi connectivity index (χ3v) is 10.1. The van der Waals surface area contributed by atoms with Gasteiger partial charge in [0.05, 0.1) is 0 Å². The van der Waals surface area contributed by atoms with Crippen molar-refractivity contribution < 1.29 is 49.0 Å². The summed E-state index contributed by atoms with van der Waals surface area (Å²) in [5.74, 6) is -4.29. The number of nitrogens with two attached hydrogens (primary N) is 1. The van der Waals surface area contributed by atoms with Gasteiger partial charge in [0, 0.05) is 28.1 Å². The topological polar surface area (TPSA) is 229 Å². The molecule has 2 aliphatic heterocycles. The van der Waals surface area contributed by atoms with Crippen LogP contribution in [-0.2, 0) is 30.6 Å². The first kappa shape index (κ1) is 34.9. The van der Waals surface area contributed by atoms with E-state index in [0.717, 1.165) is 38.1 Å². The number of anilines is 1. The fourth-order valence-corrected chi connectivity index (χ4v) is 7.15. The molecule has 7 N–H and O–H groups in total. The van der Waals surface area contributed by atoms with Gasteiger partial charge >= 0.3 is 11.9 Å². The number of rotatable bonds is 11. The molecule has 0 spiro atoms. The van der Waals surface area contributed by atoms with Crippen LogP contribution in [0, 0.1) is 0 Å². The van der Waals surface area contributed by atoms with Crippen molar-refractivity contribution in [2.45, 2.75) is 37.4 Å². The summed E-state index contributed by atoms with van der Waals surface area (Å²) in [7, 11) is 0. The number of thiazole rings is 1. The number of allylic oxidation sites excluding steroid dienone is 1. The van der Waals surface area contributed by atoms with E-state index in [0.29, 0.717) is 12.1 Å². The number of carbonyl (C=O) groups is 4. The van der Waals surface area contributed by atoms with Crippen molar-refractivity contribution >= 4 is 74.5 Å². The van der Waals surface area contributed by atoms with Gasteiger partial charge < -0.3 is 36.3 Å². The van der Waals surface area contributed by atoms with Crippen LogP contribution in [-0.4, -0.2) is 82.5 Å². The van der Waals surface area contributed by atoms with Crippen LogP contribution in [0.15, 0.2) is 82.7 Å². The number of carboxylic acids is 2. The van der Waals surface area contributed by atoms with Crippen LogP contribution in [0.2, 0.25) is 0 Å². The molecule has 0 radical (unpaired) electrons. The lowest BCUT2D eigenvalue weighted by Gasteiger charge is -2.49. The molecule has 0 bridgehead atoms. The number of carbonyl (C=O) groups excluding carboxylic acids is 2. The Bertz CT molecular complexity index is 2180. The molecule has 4 heterocycles. The lowest BCUT2D eigenvalue weighted by molar-refractivity contribution is -0.687. The van der Waals surface area contributed by atoms with Gasteiger partial charge in [-0.1, -0.05) is 41.6 Å². The molecule has 2 aromatic carbocycles. The molecule has 15 nitrogen and oxygen atoms in total. The number of hydrogen-bond donors (Lipinski definition) is 6. The highest BCUT2D eigenvalue weighted by molar-refractivity contribution is 8.00. The zero-order valence-corrected chi connectivity index (χ0v) is 28.6. The van der Waals surface area contributed by atoms with Crippen LogP contribution >= 0.6 is 23.1 Å². The molecule has 1 fully saturated rings. The summed E-state index contributed by atoms with van der Waals surface area (Å²) < 4.78 is 1.94. The summed E-state index contributed by atoms with van der Waals surface area (Å²) in [6.07, 6.45) is 7.14. The highest BCUT2D eigenvalue weighted by Gasteiger charge is 2.54. The van der Waals surface area contributed by atoms with Gasteiger partial charge in [0.15, 0.2) is 41.3 Å². The number of aromatic nitrogens is 2. The minimum atomic E-state index is -1.78. The van der Waals surface area contributed by atoms with Gasteiger partial charge in [-0.15, -0.1) is 23.1 Å². The Kier molecular flexibility index (Phi) is 9.42. The Balaban J connectivity index is 1.14. The van der Waals surface area contributed by atoms with E-state index in [-0.39, 0.29) is 33.8 Å². The maximum atomic E-state index is 13.3. The van der Waals surface area contributed by atoms with Gasteiger partial charge in [-0.05, 0) is 42.5 Å². The number of amides is 2. The van der Waals surface area contributed by atoms with Crippen molar-refractivity contribution in [3.8, 4) is 11.5 Å². The Morgan fingerprint density at radius 1 is 1.12 bits per heavy atom. The fraction of sp³-hybridized carbons (Fsp3) is 0.206. The number of fused-ring (bicyclic) bond motifs is 2. The molecule has 2 amide bonds. The normalized spacial score (nSPS) is 17.7. The molecular formula is C34H31N6O9S2+. The molecule has 51 heavy (non-hydrogen) atoms. The first-order valence-electron chi connectivity index (χ1n) is 15.3. The van der Waals surface area contributed by atoms with E-state index in [2.05, 4.69) is 15.5 Å². The average Bonchev–Trinajstić information content (AvgIpc) is 3.52. The minimum Gasteiger partial charge on any atom is -0.504 e. The molecule has 262 valence electrons. The number of nitrogens with zero attached hydrogens (tertiary/aromatic N) is 4. The molecule has 0 unspecified atom stereocenters. The molecule has 17 heteroatoms. The van der Waals surface area contributed by atoms with Crippen molar-refractivity contribution in [2.24, 2.45) is 5.16 Å². The standard InChI is InChI=1S/C34H30N6O9S2/c1-34(2,32(47)48)49-38-25(22-16-51-33(35)36-22)28(43)37-26-29(44)40-27(31(45)46)20(15-50-30(26)40)8-7-17-3-5-18(6-4-17)13-39-10-9-19-11-23(41)24(42)12-21(19)14-39/h3-12,14,16,26,30H,13,15H2,1-2H3,(H6,35,36,37,42,43,45,46,47,48)/p+1/b8-7-,38-25-/t26-,30-/m1/s1. The summed E-state index contributed by atoms with van der Waals surface area (Å²) in [5, 5.41) is 47.7. The Hall–Kier alpha value is -5.94. The van der Waals surface area contributed by atoms with E-state index >= 15 is 0 Å². The summed E-state index contributed by atoms with van der Waals surface area (Å²) >= 11 is 2.29. The van der Waals surface area contributed by atoms with Crippen LogP contribution in [0.3, 0.4) is 0 Å². The summed E-state index contributed by atoms with van der Waals surface area (Å²) in [5.41, 5.74) is 5.56. The second-order valence-corrected chi connectivity index (χ2v) is 14.1. The number of nitrogens with one attached hydrogen (secondary N) is 1. The number of carboxylic acid groups (broad SMARTS) is 2. The third-order valence-electron chi connectivity index (χ3n) is 8.10. The highest BCUT2D eigenvalue weighted by atomic mass is 32.2. The summed E-state index contributed by atoms with van der Waals surface area (Å²) in [6, 6.07) is 11.4. The van der Waals surface area contributed by atoms with Gasteiger partial charge in [0.1, 0.15) is 22.8 Å². The molecule has 0 saturated carbocycles. The SMILES string of the molecule is CC(C)(O/N=C(\C(=O)N[C@@H]1C(=O)N2C(C(=O)O)=C(/C=C\c3ccc(C[n+]4ccc5cc(O)c(O)cc5c4)cc3)CS[C@H]12)c1csc(N)n1)C(=O)O. The van der Waals surface area contributed by atoms with E-state index in [1.807, 2.05) is 47.3 Å². The van der Waals surface area contributed by atoms with E-state index in [9.17, 15) is 39.6 Å². The van der Waals surface area contributed by atoms with Gasteiger partial charge in [-0.25, -0.2) is 19.1 Å². The lowest BCUT2D eigenvalue weighted by atomic mass is 10.0. The van der Waals surface area contributed by atoms with Crippen LogP contribution in [0.25, 0.3) is 16.8 Å². The maximum Gasteiger partial charge on any atom is 0.352 e. The van der Waals surface area contributed by atoms with Gasteiger partial charge in [-0.2, -0.15) is 0 Å². The Labute approximate surface area is 298 Å². The number of oxime groups is 1. The van der Waals surface area contributed by atoms with E-state index in [1.165, 1.54) is 43.1 Å². The first-order chi connectivity index (χ1) is 24.2. The highest BCUT2D eigenvalue weighted by Crippen LogP contribution is 2.41. The van der Waals surface area contributed by atoms with E-state index in [1.54, 1.807) is 12.2 Å². The van der Waals surface area contributed by atoms with Crippen molar-refractivity contribution in [2.75, 3.05) is 11.5 Å². The van der Waals surface area contributed by atoms with Crippen molar-refractivity contribution in [3.63, 3.8) is 0 Å². The molecule has 2 atom stereocenters. The first-order valence-corrected chi connectivity index (χ1v) is 17.2. The zero-order valence-electron chi connectivity index (χ0n) is 27.0. The summed E-state index contributed by atoms with van der Waals surface area (Å²) in [6.45, 7) is 3.03. The van der Waals surface area contributed by atoms with Crippen LogP contribution in [0.5, 0.6) is 11.5 Å². The number of thioether (sulfide) groups is 1.